The Morgan fingerprint density at radius 2 is 1.84 bits per heavy atom. The van der Waals surface area contributed by atoms with E-state index >= 15 is 0 Å². The van der Waals surface area contributed by atoms with Gasteiger partial charge in [0.25, 0.3) is 0 Å². The van der Waals surface area contributed by atoms with Crippen LogP contribution in [0, 0.1) is 25.2 Å². The highest BCUT2D eigenvalue weighted by Crippen LogP contribution is 2.51. The first kappa shape index (κ1) is 26.1. The highest BCUT2D eigenvalue weighted by atomic mass is 16.5. The molecule has 1 unspecified atom stereocenters. The van der Waals surface area contributed by atoms with Gasteiger partial charge in [0.05, 0.1) is 32.4 Å². The SMILES string of the molecule is COC1=C(C)C(=O)C2=C(C1=O)[C@H](CNC(C)=O)N1C(C2)[C@H]2c3c(cc(C)c(OC)c3C)C[C@@H]([C@@H]1C#N)N2C. The number of nitrogens with one attached hydrogen (secondary N) is 1. The Balaban J connectivity index is 1.74. The first-order chi connectivity index (χ1) is 18.1. The molecule has 3 heterocycles. The summed E-state index contributed by atoms with van der Waals surface area (Å²) in [5.41, 5.74) is 5.53. The smallest absolute Gasteiger partial charge is 0.226 e. The van der Waals surface area contributed by atoms with Crippen LogP contribution in [-0.4, -0.2) is 79.3 Å². The third-order valence-corrected chi connectivity index (χ3v) is 8.88. The minimum Gasteiger partial charge on any atom is -0.496 e. The van der Waals surface area contributed by atoms with Gasteiger partial charge in [-0.1, -0.05) is 6.07 Å². The average molecular weight is 519 g/mol. The number of ether oxygens (including phenoxy) is 2. The second kappa shape index (κ2) is 9.37. The van der Waals surface area contributed by atoms with Gasteiger partial charge in [0.2, 0.25) is 11.7 Å². The fourth-order valence-electron chi connectivity index (χ4n) is 7.39. The number of hydrogen-bond donors (Lipinski definition) is 1. The van der Waals surface area contributed by atoms with Gasteiger partial charge < -0.3 is 14.8 Å². The number of methoxy groups -OCH3 is 2. The van der Waals surface area contributed by atoms with Gasteiger partial charge in [-0.15, -0.1) is 0 Å². The molecule has 2 bridgehead atoms. The lowest BCUT2D eigenvalue weighted by molar-refractivity contribution is -0.123. The molecule has 0 aromatic heterocycles. The van der Waals surface area contributed by atoms with Crippen LogP contribution in [0.5, 0.6) is 5.75 Å². The Morgan fingerprint density at radius 3 is 2.45 bits per heavy atom. The molecule has 0 saturated carbocycles. The predicted molar refractivity (Wildman–Crippen MR) is 139 cm³/mol. The second-order valence-corrected chi connectivity index (χ2v) is 10.8. The first-order valence-electron chi connectivity index (χ1n) is 12.9. The number of nitriles is 1. The zero-order valence-corrected chi connectivity index (χ0v) is 23.0. The molecule has 0 spiro atoms. The minimum absolute atomic E-state index is 0.0317. The zero-order chi connectivity index (χ0) is 27.6. The van der Waals surface area contributed by atoms with E-state index in [1.807, 2.05) is 14.0 Å². The van der Waals surface area contributed by atoms with Crippen LogP contribution in [-0.2, 0) is 25.5 Å². The molecule has 1 aromatic rings. The third kappa shape index (κ3) is 3.54. The van der Waals surface area contributed by atoms with Gasteiger partial charge >= 0.3 is 0 Å². The van der Waals surface area contributed by atoms with Gasteiger partial charge in [-0.3, -0.25) is 24.2 Å². The second-order valence-electron chi connectivity index (χ2n) is 10.8. The van der Waals surface area contributed by atoms with Gasteiger partial charge in [0, 0.05) is 42.3 Å². The van der Waals surface area contributed by atoms with Crippen molar-refractivity contribution < 1.29 is 23.9 Å². The highest BCUT2D eigenvalue weighted by molar-refractivity contribution is 6.25. The predicted octanol–water partition coefficient (Wildman–Crippen LogP) is 2.06. The van der Waals surface area contributed by atoms with Crippen LogP contribution >= 0.6 is 0 Å². The number of rotatable bonds is 4. The summed E-state index contributed by atoms with van der Waals surface area (Å²) >= 11 is 0. The summed E-state index contributed by atoms with van der Waals surface area (Å²) in [6.07, 6.45) is 0.989. The lowest BCUT2D eigenvalue weighted by Crippen LogP contribution is -2.71. The van der Waals surface area contributed by atoms with E-state index in [1.54, 1.807) is 14.0 Å². The van der Waals surface area contributed by atoms with E-state index in [9.17, 15) is 19.6 Å². The van der Waals surface area contributed by atoms with Gasteiger partial charge in [-0.25, -0.2) is 0 Å². The number of fused-ring (bicyclic) bond motifs is 6. The van der Waals surface area contributed by atoms with Crippen molar-refractivity contribution in [2.45, 2.75) is 70.7 Å². The number of ketones is 2. The monoisotopic (exact) mass is 518 g/mol. The van der Waals surface area contributed by atoms with Gasteiger partial charge in [-0.2, -0.15) is 5.26 Å². The highest BCUT2D eigenvalue weighted by Gasteiger charge is 2.57. The Kier molecular flexibility index (Phi) is 6.44. The number of aryl methyl sites for hydroxylation is 1. The van der Waals surface area contributed by atoms with Crippen molar-refractivity contribution in [2.24, 2.45) is 0 Å². The molecule has 38 heavy (non-hydrogen) atoms. The maximum atomic E-state index is 13.7. The van der Waals surface area contributed by atoms with E-state index in [0.717, 1.165) is 22.4 Å². The number of benzene rings is 1. The van der Waals surface area contributed by atoms with E-state index in [1.165, 1.54) is 19.6 Å². The number of piperazine rings is 1. The van der Waals surface area contributed by atoms with E-state index < -0.39 is 12.1 Å². The van der Waals surface area contributed by atoms with E-state index in [4.69, 9.17) is 9.47 Å². The summed E-state index contributed by atoms with van der Waals surface area (Å²) < 4.78 is 11.1. The molecule has 1 saturated heterocycles. The number of carbonyl (C=O) groups is 3. The van der Waals surface area contributed by atoms with Crippen LogP contribution < -0.4 is 10.1 Å². The van der Waals surface area contributed by atoms with Crippen molar-refractivity contribution >= 4 is 17.5 Å². The maximum absolute atomic E-state index is 13.7. The molecule has 9 heteroatoms. The van der Waals surface area contributed by atoms with Crippen molar-refractivity contribution in [3.8, 4) is 11.8 Å². The molecule has 1 fully saturated rings. The molecule has 5 atom stereocenters. The van der Waals surface area contributed by atoms with Crippen molar-refractivity contribution in [1.29, 1.82) is 5.26 Å². The third-order valence-electron chi connectivity index (χ3n) is 8.88. The van der Waals surface area contributed by atoms with E-state index in [2.05, 4.69) is 34.2 Å². The number of carbonyl (C=O) groups excluding carboxylic acids is 3. The Bertz CT molecular complexity index is 1370. The van der Waals surface area contributed by atoms with E-state index in [0.29, 0.717) is 29.6 Å². The summed E-state index contributed by atoms with van der Waals surface area (Å²) in [6.45, 7) is 7.25. The summed E-state index contributed by atoms with van der Waals surface area (Å²) in [6, 6.07) is 2.97. The number of hydrogen-bond acceptors (Lipinski definition) is 8. The molecule has 3 aliphatic heterocycles. The Morgan fingerprint density at radius 1 is 1.13 bits per heavy atom. The zero-order valence-electron chi connectivity index (χ0n) is 23.0. The molecular weight excluding hydrogens is 484 g/mol. The van der Waals surface area contributed by atoms with Crippen LogP contribution in [0.2, 0.25) is 0 Å². The lowest BCUT2D eigenvalue weighted by atomic mass is 9.69. The average Bonchev–Trinajstić information content (AvgIpc) is 2.86. The topological polar surface area (TPSA) is 112 Å². The normalized spacial score (nSPS) is 28.8. The van der Waals surface area contributed by atoms with Gasteiger partial charge in [0.1, 0.15) is 11.8 Å². The number of nitrogens with zero attached hydrogens (tertiary/aromatic N) is 3. The molecule has 200 valence electrons. The van der Waals surface area contributed by atoms with Crippen LogP contribution in [0.15, 0.2) is 28.5 Å². The van der Waals surface area contributed by atoms with Gasteiger partial charge in [-0.05, 0) is 62.9 Å². The molecule has 1 aromatic carbocycles. The number of amides is 1. The Hall–Kier alpha value is -3.48. The maximum Gasteiger partial charge on any atom is 0.226 e. The fourth-order valence-corrected chi connectivity index (χ4v) is 7.39. The number of likely N-dealkylation sites (N-methyl/N-ethyl adjacent to an activating group) is 1. The van der Waals surface area contributed by atoms with Crippen molar-refractivity contribution in [2.75, 3.05) is 27.8 Å². The van der Waals surface area contributed by atoms with Crippen molar-refractivity contribution in [3.05, 3.63) is 50.8 Å². The molecular formula is C29H34N4O5. The molecule has 9 nitrogen and oxygen atoms in total. The van der Waals surface area contributed by atoms with Crippen LogP contribution in [0.4, 0.5) is 0 Å². The quantitative estimate of drug-likeness (QED) is 0.603. The summed E-state index contributed by atoms with van der Waals surface area (Å²) in [7, 11) is 5.10. The standard InChI is InChI=1S/C29H34N4O5/c1-13-8-17-9-19-21(11-30)33-20(25(32(19)5)23(17)14(2)28(13)37-6)10-18-24(22(33)12-31-16(4)34)27(36)29(38-7)15(3)26(18)35/h8,19-22,25H,9-10,12H2,1-7H3,(H,31,34)/t19-,20?,21-,22-,25-/m0/s1. The fraction of sp³-hybridized carbons (Fsp3) is 0.517. The minimum atomic E-state index is -0.639. The van der Waals surface area contributed by atoms with Gasteiger partial charge in [0.15, 0.2) is 11.5 Å². The number of allylic oxidation sites excluding steroid dienone is 2. The van der Waals surface area contributed by atoms with Crippen molar-refractivity contribution in [1.82, 2.24) is 15.1 Å². The Labute approximate surface area is 223 Å². The summed E-state index contributed by atoms with van der Waals surface area (Å²) in [5, 5.41) is 13.4. The van der Waals surface area contributed by atoms with Crippen LogP contribution in [0.25, 0.3) is 0 Å². The molecule has 1 amide bonds. The van der Waals surface area contributed by atoms with Crippen LogP contribution in [0.1, 0.15) is 48.6 Å². The lowest BCUT2D eigenvalue weighted by Gasteiger charge is -2.60. The molecule has 5 rings (SSSR count). The molecule has 0 radical (unpaired) electrons. The van der Waals surface area contributed by atoms with Crippen molar-refractivity contribution in [3.63, 3.8) is 0 Å². The molecule has 4 aliphatic rings. The molecule has 1 N–H and O–H groups in total. The first-order valence-corrected chi connectivity index (χ1v) is 12.9. The van der Waals surface area contributed by atoms with E-state index in [-0.39, 0.29) is 47.9 Å². The summed E-state index contributed by atoms with van der Waals surface area (Å²) in [4.78, 5) is 43.7. The van der Waals surface area contributed by atoms with Crippen LogP contribution in [0.3, 0.4) is 0 Å². The molecule has 1 aliphatic carbocycles. The largest absolute Gasteiger partial charge is 0.496 e. The summed E-state index contributed by atoms with van der Waals surface area (Å²) in [5.74, 6) is 0.0676. The number of Topliss-reactive ketones (excluding diaryl/α,β-unsaturated/α-hetero) is 2.